The molecule has 32 heavy (non-hydrogen) atoms. The molecule has 0 bridgehead atoms. The number of rotatable bonds is 8. The van der Waals surface area contributed by atoms with Crippen molar-refractivity contribution in [2.45, 2.75) is 39.2 Å². The van der Waals surface area contributed by atoms with Crippen LogP contribution in [0.4, 0.5) is 11.4 Å². The van der Waals surface area contributed by atoms with Crippen molar-refractivity contribution in [1.82, 2.24) is 15.1 Å². The number of piperazine rings is 1. The molecule has 10 heteroatoms. The van der Waals surface area contributed by atoms with E-state index in [2.05, 4.69) is 14.9 Å². The number of amides is 2. The molecule has 0 aliphatic carbocycles. The first kappa shape index (κ1) is 24.3. The van der Waals surface area contributed by atoms with Crippen LogP contribution in [-0.2, 0) is 19.6 Å². The molecule has 0 spiro atoms. The average molecular weight is 466 g/mol. The number of hydrogen-bond donors (Lipinski definition) is 2. The summed E-state index contributed by atoms with van der Waals surface area (Å²) in [6.07, 6.45) is 3.61. The van der Waals surface area contributed by atoms with E-state index in [0.717, 1.165) is 18.8 Å². The van der Waals surface area contributed by atoms with Gasteiger partial charge in [0.1, 0.15) is 5.75 Å². The van der Waals surface area contributed by atoms with Crippen molar-refractivity contribution in [3.63, 3.8) is 0 Å². The largest absolute Gasteiger partial charge is 0.372 e. The second-order valence-electron chi connectivity index (χ2n) is 8.83. The van der Waals surface area contributed by atoms with Crippen molar-refractivity contribution in [2.75, 3.05) is 61.2 Å². The number of nitrogens with one attached hydrogen (secondary N) is 2. The zero-order chi connectivity index (χ0) is 23.1. The van der Waals surface area contributed by atoms with Gasteiger partial charge in [0.2, 0.25) is 21.8 Å². The molecule has 0 aromatic heterocycles. The molecule has 2 saturated heterocycles. The lowest BCUT2D eigenvalue weighted by Crippen LogP contribution is -2.52. The predicted octanol–water partition coefficient (Wildman–Crippen LogP) is 1.09. The minimum Gasteiger partial charge on any atom is -0.372 e. The van der Waals surface area contributed by atoms with Gasteiger partial charge in [-0.2, -0.15) is 0 Å². The van der Waals surface area contributed by atoms with Crippen molar-refractivity contribution in [1.29, 1.82) is 0 Å². The van der Waals surface area contributed by atoms with Crippen LogP contribution in [0.3, 0.4) is 0 Å². The van der Waals surface area contributed by atoms with E-state index in [1.54, 1.807) is 17.0 Å². The zero-order valence-corrected chi connectivity index (χ0v) is 19.9. The van der Waals surface area contributed by atoms with E-state index in [-0.39, 0.29) is 18.5 Å². The molecule has 3 rings (SSSR count). The quantitative estimate of drug-likeness (QED) is 0.596. The lowest BCUT2D eigenvalue weighted by atomic mass is 10.1. The van der Waals surface area contributed by atoms with Crippen LogP contribution in [0.5, 0.6) is 0 Å². The van der Waals surface area contributed by atoms with Gasteiger partial charge in [0, 0.05) is 56.7 Å². The molecule has 1 aromatic carbocycles. The van der Waals surface area contributed by atoms with Crippen molar-refractivity contribution >= 4 is 33.2 Å². The summed E-state index contributed by atoms with van der Waals surface area (Å²) in [5.74, 6) is -1.05. The fourth-order valence-corrected chi connectivity index (χ4v) is 5.16. The monoisotopic (exact) mass is 465 g/mol. The standard InChI is InChI=1S/C22H35N5O4S/c1-18(2)23-21(28)16-25-12-14-27(15-13-25)22(29)17-32(30,31)24-19-6-8-20(9-7-19)26-10-4-3-5-11-26/h6-9,18,24H,3-5,10-17H2,1-2H3,(H,23,28). The Kier molecular flexibility index (Phi) is 8.36. The van der Waals surface area contributed by atoms with Gasteiger partial charge in [-0.15, -0.1) is 0 Å². The number of carbonyl (C=O) groups is 2. The van der Waals surface area contributed by atoms with Crippen LogP contribution in [0.15, 0.2) is 24.3 Å². The fraction of sp³-hybridized carbons (Fsp3) is 0.636. The number of benzene rings is 1. The number of nitrogens with zero attached hydrogens (tertiary/aromatic N) is 3. The van der Waals surface area contributed by atoms with Gasteiger partial charge in [-0.25, -0.2) is 8.42 Å². The van der Waals surface area contributed by atoms with Gasteiger partial charge in [-0.1, -0.05) is 0 Å². The molecule has 9 nitrogen and oxygen atoms in total. The molecule has 0 saturated carbocycles. The van der Waals surface area contributed by atoms with Crippen LogP contribution >= 0.6 is 0 Å². The molecule has 0 unspecified atom stereocenters. The van der Waals surface area contributed by atoms with Crippen LogP contribution in [-0.4, -0.2) is 87.6 Å². The third kappa shape index (κ3) is 7.37. The Morgan fingerprint density at radius 2 is 1.56 bits per heavy atom. The van der Waals surface area contributed by atoms with Crippen LogP contribution in [0.25, 0.3) is 0 Å². The van der Waals surface area contributed by atoms with E-state index in [9.17, 15) is 18.0 Å². The highest BCUT2D eigenvalue weighted by Gasteiger charge is 2.26. The molecule has 2 fully saturated rings. The Labute approximate surface area is 191 Å². The number of hydrogen-bond acceptors (Lipinski definition) is 6. The van der Waals surface area contributed by atoms with E-state index in [1.807, 2.05) is 30.9 Å². The van der Waals surface area contributed by atoms with Crippen LogP contribution in [0, 0.1) is 0 Å². The minimum atomic E-state index is -3.80. The molecule has 2 aliphatic rings. The number of piperidine rings is 1. The molecule has 1 aromatic rings. The summed E-state index contributed by atoms with van der Waals surface area (Å²) in [6.45, 7) is 8.06. The third-order valence-electron chi connectivity index (χ3n) is 5.72. The summed E-state index contributed by atoms with van der Waals surface area (Å²) in [5.41, 5.74) is 1.54. The van der Waals surface area contributed by atoms with Crippen LogP contribution in [0.1, 0.15) is 33.1 Å². The maximum absolute atomic E-state index is 12.5. The van der Waals surface area contributed by atoms with E-state index in [1.165, 1.54) is 19.3 Å². The van der Waals surface area contributed by atoms with E-state index < -0.39 is 21.7 Å². The minimum absolute atomic E-state index is 0.0436. The lowest BCUT2D eigenvalue weighted by molar-refractivity contribution is -0.130. The summed E-state index contributed by atoms with van der Waals surface area (Å²) in [6, 6.07) is 7.41. The van der Waals surface area contributed by atoms with E-state index >= 15 is 0 Å². The molecular formula is C22H35N5O4S. The highest BCUT2D eigenvalue weighted by molar-refractivity contribution is 7.93. The summed E-state index contributed by atoms with van der Waals surface area (Å²) in [7, 11) is -3.80. The third-order valence-corrected chi connectivity index (χ3v) is 6.89. The average Bonchev–Trinajstić information content (AvgIpc) is 2.74. The van der Waals surface area contributed by atoms with Gasteiger partial charge in [-0.05, 0) is 57.4 Å². The van der Waals surface area contributed by atoms with Gasteiger partial charge in [-0.3, -0.25) is 19.2 Å². The van der Waals surface area contributed by atoms with Gasteiger partial charge in [0.25, 0.3) is 0 Å². The van der Waals surface area contributed by atoms with Crippen molar-refractivity contribution in [3.05, 3.63) is 24.3 Å². The molecule has 2 N–H and O–H groups in total. The smallest absolute Gasteiger partial charge is 0.241 e. The molecule has 2 amide bonds. The van der Waals surface area contributed by atoms with Gasteiger partial charge >= 0.3 is 0 Å². The highest BCUT2D eigenvalue weighted by atomic mass is 32.2. The summed E-state index contributed by atoms with van der Waals surface area (Å²) < 4.78 is 27.6. The second kappa shape index (κ2) is 11.0. The Hall–Kier alpha value is -2.33. The normalized spacial score (nSPS) is 18.0. The highest BCUT2D eigenvalue weighted by Crippen LogP contribution is 2.22. The molecular weight excluding hydrogens is 430 g/mol. The summed E-state index contributed by atoms with van der Waals surface area (Å²) >= 11 is 0. The molecule has 2 aliphatic heterocycles. The maximum Gasteiger partial charge on any atom is 0.241 e. The first-order valence-electron chi connectivity index (χ1n) is 11.4. The lowest BCUT2D eigenvalue weighted by Gasteiger charge is -2.34. The molecule has 0 atom stereocenters. The second-order valence-corrected chi connectivity index (χ2v) is 10.6. The van der Waals surface area contributed by atoms with E-state index in [0.29, 0.717) is 31.9 Å². The topological polar surface area (TPSA) is 102 Å². The van der Waals surface area contributed by atoms with Gasteiger partial charge in [0.15, 0.2) is 0 Å². The SMILES string of the molecule is CC(C)NC(=O)CN1CCN(C(=O)CS(=O)(=O)Nc2ccc(N3CCCCC3)cc2)CC1. The van der Waals surface area contributed by atoms with Crippen molar-refractivity contribution in [2.24, 2.45) is 0 Å². The first-order valence-corrected chi connectivity index (χ1v) is 13.0. The Balaban J connectivity index is 1.46. The fourth-order valence-electron chi connectivity index (χ4n) is 4.09. The van der Waals surface area contributed by atoms with E-state index in [4.69, 9.17) is 0 Å². The molecule has 2 heterocycles. The van der Waals surface area contributed by atoms with Crippen molar-refractivity contribution in [3.8, 4) is 0 Å². The van der Waals surface area contributed by atoms with Crippen LogP contribution < -0.4 is 14.9 Å². The molecule has 178 valence electrons. The number of anilines is 2. The van der Waals surface area contributed by atoms with Gasteiger partial charge in [0.05, 0.1) is 6.54 Å². The Morgan fingerprint density at radius 3 is 2.16 bits per heavy atom. The van der Waals surface area contributed by atoms with Gasteiger partial charge < -0.3 is 15.1 Å². The predicted molar refractivity (Wildman–Crippen MR) is 126 cm³/mol. The number of carbonyl (C=O) groups excluding carboxylic acids is 2. The Bertz CT molecular complexity index is 874. The van der Waals surface area contributed by atoms with Crippen LogP contribution in [0.2, 0.25) is 0 Å². The zero-order valence-electron chi connectivity index (χ0n) is 19.0. The Morgan fingerprint density at radius 1 is 0.938 bits per heavy atom. The molecule has 0 radical (unpaired) electrons. The number of sulfonamides is 1. The first-order chi connectivity index (χ1) is 15.2. The maximum atomic E-state index is 12.5. The summed E-state index contributed by atoms with van der Waals surface area (Å²) in [4.78, 5) is 30.3. The summed E-state index contributed by atoms with van der Waals surface area (Å²) in [5, 5.41) is 2.85. The van der Waals surface area contributed by atoms with Crippen molar-refractivity contribution < 1.29 is 18.0 Å².